The van der Waals surface area contributed by atoms with E-state index in [4.69, 9.17) is 11.6 Å². The average Bonchev–Trinajstić information content (AvgIpc) is 2.22. The molecule has 0 aliphatic rings. The zero-order valence-electron chi connectivity index (χ0n) is 9.11. The molecule has 0 aliphatic heterocycles. The molecule has 0 radical (unpaired) electrons. The molecule has 1 unspecified atom stereocenters. The van der Waals surface area contributed by atoms with Crippen molar-refractivity contribution < 1.29 is 17.6 Å². The maximum absolute atomic E-state index is 13.0. The molecule has 1 aromatic rings. The summed E-state index contributed by atoms with van der Waals surface area (Å²) >= 11 is 5.83. The Bertz CT molecular complexity index is 378. The molecule has 0 heterocycles. The minimum atomic E-state index is -4.23. The SMILES string of the molecule is CNC(CCC(F)(F)F)c1cc(F)ccc1Cl. The molecule has 1 rings (SSSR count). The Hall–Kier alpha value is -0.810. The van der Waals surface area contributed by atoms with Crippen LogP contribution >= 0.6 is 11.6 Å². The zero-order valence-corrected chi connectivity index (χ0v) is 9.87. The van der Waals surface area contributed by atoms with E-state index < -0.39 is 24.5 Å². The van der Waals surface area contributed by atoms with Gasteiger partial charge in [0.2, 0.25) is 0 Å². The van der Waals surface area contributed by atoms with Crippen LogP contribution in [0.3, 0.4) is 0 Å². The topological polar surface area (TPSA) is 12.0 Å². The summed E-state index contributed by atoms with van der Waals surface area (Å²) in [7, 11) is 1.52. The van der Waals surface area contributed by atoms with Crippen molar-refractivity contribution in [2.75, 3.05) is 7.05 Å². The lowest BCUT2D eigenvalue weighted by Gasteiger charge is -2.18. The summed E-state index contributed by atoms with van der Waals surface area (Å²) < 4.78 is 49.3. The number of hydrogen-bond acceptors (Lipinski definition) is 1. The minimum Gasteiger partial charge on any atom is -0.313 e. The Labute approximate surface area is 102 Å². The maximum atomic E-state index is 13.0. The fourth-order valence-electron chi connectivity index (χ4n) is 1.54. The summed E-state index contributed by atoms with van der Waals surface area (Å²) in [5.41, 5.74) is 0.346. The van der Waals surface area contributed by atoms with Crippen molar-refractivity contribution in [3.63, 3.8) is 0 Å². The van der Waals surface area contributed by atoms with Gasteiger partial charge in [0, 0.05) is 17.5 Å². The fourth-order valence-corrected chi connectivity index (χ4v) is 1.79. The van der Waals surface area contributed by atoms with Gasteiger partial charge in [-0.3, -0.25) is 0 Å². The molecule has 1 nitrogen and oxygen atoms in total. The first-order chi connectivity index (χ1) is 7.83. The normalized spacial score (nSPS) is 13.8. The molecule has 0 spiro atoms. The minimum absolute atomic E-state index is 0.177. The van der Waals surface area contributed by atoms with Gasteiger partial charge >= 0.3 is 6.18 Å². The van der Waals surface area contributed by atoms with Crippen LogP contribution in [-0.2, 0) is 0 Å². The summed E-state index contributed by atoms with van der Waals surface area (Å²) in [5, 5.41) is 2.97. The average molecular weight is 270 g/mol. The van der Waals surface area contributed by atoms with Gasteiger partial charge < -0.3 is 5.32 Å². The lowest BCUT2D eigenvalue weighted by atomic mass is 10.0. The number of hydrogen-bond donors (Lipinski definition) is 1. The summed E-state index contributed by atoms with van der Waals surface area (Å²) in [6.07, 6.45) is -5.34. The molecule has 0 bridgehead atoms. The van der Waals surface area contributed by atoms with Gasteiger partial charge in [-0.1, -0.05) is 11.6 Å². The monoisotopic (exact) mass is 269 g/mol. The molecule has 6 heteroatoms. The largest absolute Gasteiger partial charge is 0.389 e. The van der Waals surface area contributed by atoms with Crippen molar-refractivity contribution in [1.29, 1.82) is 0 Å². The first-order valence-electron chi connectivity index (χ1n) is 5.02. The fraction of sp³-hybridized carbons (Fsp3) is 0.455. The molecule has 17 heavy (non-hydrogen) atoms. The van der Waals surface area contributed by atoms with Crippen LogP contribution in [-0.4, -0.2) is 13.2 Å². The van der Waals surface area contributed by atoms with E-state index >= 15 is 0 Å². The van der Waals surface area contributed by atoms with Gasteiger partial charge in [-0.05, 0) is 37.2 Å². The molecule has 1 atom stereocenters. The lowest BCUT2D eigenvalue weighted by molar-refractivity contribution is -0.136. The smallest absolute Gasteiger partial charge is 0.313 e. The molecular formula is C11H12ClF4N. The Balaban J connectivity index is 2.82. The Morgan fingerprint density at radius 1 is 1.35 bits per heavy atom. The van der Waals surface area contributed by atoms with Crippen LogP contribution in [0, 0.1) is 5.82 Å². The Morgan fingerprint density at radius 2 is 2.00 bits per heavy atom. The second kappa shape index (κ2) is 5.69. The van der Waals surface area contributed by atoms with E-state index in [2.05, 4.69) is 5.32 Å². The van der Waals surface area contributed by atoms with Gasteiger partial charge in [0.05, 0.1) is 0 Å². The van der Waals surface area contributed by atoms with Gasteiger partial charge in [0.1, 0.15) is 5.82 Å². The van der Waals surface area contributed by atoms with Crippen LogP contribution in [0.2, 0.25) is 5.02 Å². The van der Waals surface area contributed by atoms with E-state index in [0.717, 1.165) is 6.07 Å². The number of rotatable bonds is 4. The molecule has 0 saturated heterocycles. The predicted molar refractivity (Wildman–Crippen MR) is 58.5 cm³/mol. The van der Waals surface area contributed by atoms with E-state index in [1.807, 2.05) is 0 Å². The third kappa shape index (κ3) is 4.52. The highest BCUT2D eigenvalue weighted by atomic mass is 35.5. The number of halogens is 5. The molecule has 1 N–H and O–H groups in total. The Kier molecular flexibility index (Phi) is 4.77. The summed E-state index contributed by atoms with van der Waals surface area (Å²) in [4.78, 5) is 0. The van der Waals surface area contributed by atoms with E-state index in [1.165, 1.54) is 19.2 Å². The lowest BCUT2D eigenvalue weighted by Crippen LogP contribution is -2.20. The van der Waals surface area contributed by atoms with Crippen LogP contribution in [0.5, 0.6) is 0 Å². The number of benzene rings is 1. The van der Waals surface area contributed by atoms with Gasteiger partial charge in [-0.15, -0.1) is 0 Å². The van der Waals surface area contributed by atoms with E-state index in [1.54, 1.807) is 0 Å². The first kappa shape index (κ1) is 14.3. The summed E-state index contributed by atoms with van der Waals surface area (Å²) in [5.74, 6) is -0.517. The molecule has 96 valence electrons. The zero-order chi connectivity index (χ0) is 13.1. The predicted octanol–water partition coefficient (Wildman–Crippen LogP) is 4.08. The molecule has 0 saturated carbocycles. The summed E-state index contributed by atoms with van der Waals surface area (Å²) in [6.45, 7) is 0. The molecule has 0 amide bonds. The molecule has 0 aliphatic carbocycles. The molecule has 0 aromatic heterocycles. The number of alkyl halides is 3. The van der Waals surface area contributed by atoms with E-state index in [9.17, 15) is 17.6 Å². The van der Waals surface area contributed by atoms with Gasteiger partial charge in [-0.2, -0.15) is 13.2 Å². The van der Waals surface area contributed by atoms with Gasteiger partial charge in [0.25, 0.3) is 0 Å². The second-order valence-electron chi connectivity index (χ2n) is 3.66. The van der Waals surface area contributed by atoms with Crippen molar-refractivity contribution in [2.24, 2.45) is 0 Å². The second-order valence-corrected chi connectivity index (χ2v) is 4.07. The highest BCUT2D eigenvalue weighted by molar-refractivity contribution is 6.31. The third-order valence-electron chi connectivity index (χ3n) is 2.40. The van der Waals surface area contributed by atoms with Crippen molar-refractivity contribution in [3.05, 3.63) is 34.6 Å². The van der Waals surface area contributed by atoms with E-state index in [-0.39, 0.29) is 11.4 Å². The number of nitrogens with one attached hydrogen (secondary N) is 1. The first-order valence-corrected chi connectivity index (χ1v) is 5.40. The quantitative estimate of drug-likeness (QED) is 0.812. The third-order valence-corrected chi connectivity index (χ3v) is 2.74. The Morgan fingerprint density at radius 3 is 2.53 bits per heavy atom. The van der Waals surface area contributed by atoms with Gasteiger partial charge in [0.15, 0.2) is 0 Å². The van der Waals surface area contributed by atoms with E-state index in [0.29, 0.717) is 5.56 Å². The highest BCUT2D eigenvalue weighted by Crippen LogP contribution is 2.31. The van der Waals surface area contributed by atoms with Crippen LogP contribution < -0.4 is 5.32 Å². The van der Waals surface area contributed by atoms with Crippen LogP contribution in [0.1, 0.15) is 24.4 Å². The molecule has 1 aromatic carbocycles. The van der Waals surface area contributed by atoms with Crippen molar-refractivity contribution in [3.8, 4) is 0 Å². The van der Waals surface area contributed by atoms with Crippen molar-refractivity contribution in [2.45, 2.75) is 25.1 Å². The molecular weight excluding hydrogens is 258 g/mol. The highest BCUT2D eigenvalue weighted by Gasteiger charge is 2.28. The van der Waals surface area contributed by atoms with Crippen LogP contribution in [0.25, 0.3) is 0 Å². The van der Waals surface area contributed by atoms with Crippen LogP contribution in [0.4, 0.5) is 17.6 Å². The summed E-state index contributed by atoms with van der Waals surface area (Å²) in [6, 6.07) is 3.05. The standard InChI is InChI=1S/C11H12ClF4N/c1-17-10(4-5-11(14,15)16)8-6-7(13)2-3-9(8)12/h2-3,6,10,17H,4-5H2,1H3. The maximum Gasteiger partial charge on any atom is 0.389 e. The molecule has 0 fully saturated rings. The van der Waals surface area contributed by atoms with Crippen molar-refractivity contribution >= 4 is 11.6 Å². The van der Waals surface area contributed by atoms with Crippen molar-refractivity contribution in [1.82, 2.24) is 5.32 Å². The van der Waals surface area contributed by atoms with Gasteiger partial charge in [-0.25, -0.2) is 4.39 Å². The van der Waals surface area contributed by atoms with Crippen LogP contribution in [0.15, 0.2) is 18.2 Å².